The first-order valence-electron chi connectivity index (χ1n) is 18.8. The Hall–Kier alpha value is -3.80. The number of anilines is 1. The summed E-state index contributed by atoms with van der Waals surface area (Å²) in [6, 6.07) is 41.7. The van der Waals surface area contributed by atoms with Crippen LogP contribution >= 0.6 is 50.2 Å². The van der Waals surface area contributed by atoms with Gasteiger partial charge in [0.15, 0.2) is 0 Å². The minimum atomic E-state index is -1.12. The second kappa shape index (κ2) is 21.8. The molecule has 11 heteroatoms. The molecule has 0 aliphatic carbocycles. The second-order valence-electron chi connectivity index (χ2n) is 15.8. The number of carbonyl (C=O) groups is 2. The molecular formula is C49H63Cl2N3O4S2. The van der Waals surface area contributed by atoms with E-state index in [0.717, 1.165) is 27.8 Å². The quantitative estimate of drug-likeness (QED) is 0.0935. The molecule has 5 atom stereocenters. The van der Waals surface area contributed by atoms with E-state index in [2.05, 4.69) is 36.7 Å². The largest absolute Gasteiger partial charge is 0.391 e. The molecule has 1 spiro atoms. The van der Waals surface area contributed by atoms with Gasteiger partial charge in [-0.1, -0.05) is 175 Å². The highest BCUT2D eigenvalue weighted by atomic mass is 35.5. The zero-order valence-electron chi connectivity index (χ0n) is 32.3. The standard InChI is InChI=1S/C46H47Cl2N3O4.3CH4.2H2S/c1-44(2,3)28-39-45(37-23-22-35(48)27-38(37)50-43(45)54)40(30-14-13-21-34(47)26-30)41(51-39)42(53)49-25-24-36(52)29-55-46(31-15-7-4-8-16-31,32-17-9-5-10-18-32)33-19-11-6-12-20-33;;;;;/h4-23,26-27,36,39-41,51-52H,24-25,28-29H2,1-3H3,(H,49,53)(H,50,54);3*1H4;2*1H2/t36-,39+,40-,41+,45-;;;;;/m0...../s1. The van der Waals surface area contributed by atoms with Crippen LogP contribution in [-0.4, -0.2) is 48.3 Å². The van der Waals surface area contributed by atoms with Gasteiger partial charge in [0.05, 0.1) is 18.8 Å². The summed E-state index contributed by atoms with van der Waals surface area (Å²) in [4.78, 5) is 28.9. The highest BCUT2D eigenvalue weighted by molar-refractivity contribution is 7.59. The van der Waals surface area contributed by atoms with Crippen LogP contribution in [0.4, 0.5) is 5.69 Å². The van der Waals surface area contributed by atoms with Crippen LogP contribution < -0.4 is 16.0 Å². The minimum absolute atomic E-state index is 0. The Balaban J connectivity index is 0.00000248. The zero-order chi connectivity index (χ0) is 38.8. The van der Waals surface area contributed by atoms with Gasteiger partial charge in [-0.15, -0.1) is 0 Å². The van der Waals surface area contributed by atoms with Gasteiger partial charge >= 0.3 is 0 Å². The van der Waals surface area contributed by atoms with Gasteiger partial charge in [0.25, 0.3) is 0 Å². The van der Waals surface area contributed by atoms with E-state index in [1.165, 1.54) is 0 Å². The van der Waals surface area contributed by atoms with Crippen molar-refractivity contribution >= 4 is 67.7 Å². The lowest BCUT2D eigenvalue weighted by molar-refractivity contribution is -0.124. The van der Waals surface area contributed by atoms with Gasteiger partial charge in [-0.05, 0) is 70.3 Å². The highest BCUT2D eigenvalue weighted by Crippen LogP contribution is 2.56. The predicted molar refractivity (Wildman–Crippen MR) is 260 cm³/mol. The molecule has 1 saturated heterocycles. The fraction of sp³-hybridized carbons (Fsp3) is 0.347. The van der Waals surface area contributed by atoms with Crippen LogP contribution in [0.25, 0.3) is 0 Å². The maximum absolute atomic E-state index is 14.5. The first-order chi connectivity index (χ1) is 26.4. The van der Waals surface area contributed by atoms with E-state index in [1.807, 2.05) is 115 Å². The number of ether oxygens (including phenoxy) is 1. The van der Waals surface area contributed by atoms with Gasteiger partial charge in [-0.2, -0.15) is 27.0 Å². The Kier molecular flexibility index (Phi) is 19.0. The van der Waals surface area contributed by atoms with E-state index in [-0.39, 0.29) is 86.1 Å². The SMILES string of the molecule is C.C.C.CC(C)(C)C[C@H]1N[C@@H](C(=O)NCC[C@H](O)COC(c2ccccc2)(c2ccccc2)c2ccccc2)[C@H](c2cccc(Cl)c2)[C@@]12C(=O)Nc1cc(Cl)ccc12.S.S. The maximum atomic E-state index is 14.5. The Morgan fingerprint density at radius 1 is 0.783 bits per heavy atom. The van der Waals surface area contributed by atoms with Crippen molar-refractivity contribution in [1.82, 2.24) is 10.6 Å². The van der Waals surface area contributed by atoms with Crippen molar-refractivity contribution in [2.75, 3.05) is 18.5 Å². The minimum Gasteiger partial charge on any atom is -0.391 e. The number of rotatable bonds is 12. The topological polar surface area (TPSA) is 99.7 Å². The maximum Gasteiger partial charge on any atom is 0.237 e. The lowest BCUT2D eigenvalue weighted by Gasteiger charge is -2.37. The van der Waals surface area contributed by atoms with E-state index in [1.54, 1.807) is 18.2 Å². The molecule has 0 saturated carbocycles. The summed E-state index contributed by atoms with van der Waals surface area (Å²) in [5, 5.41) is 22.3. The number of hydrogen-bond acceptors (Lipinski definition) is 5. The zero-order valence-corrected chi connectivity index (χ0v) is 35.8. The molecular weight excluding hydrogens is 830 g/mol. The van der Waals surface area contributed by atoms with Crippen molar-refractivity contribution < 1.29 is 19.4 Å². The molecule has 5 aromatic carbocycles. The lowest BCUT2D eigenvalue weighted by Crippen LogP contribution is -2.49. The van der Waals surface area contributed by atoms with E-state index in [0.29, 0.717) is 22.2 Å². The van der Waals surface area contributed by atoms with Crippen molar-refractivity contribution in [2.24, 2.45) is 5.41 Å². The van der Waals surface area contributed by atoms with Crippen LogP contribution in [0.2, 0.25) is 10.0 Å². The smallest absolute Gasteiger partial charge is 0.237 e. The molecule has 5 aromatic rings. The van der Waals surface area contributed by atoms with Gasteiger partial charge in [0.2, 0.25) is 11.8 Å². The van der Waals surface area contributed by atoms with Gasteiger partial charge in [-0.3, -0.25) is 9.59 Å². The van der Waals surface area contributed by atoms with Crippen LogP contribution in [0, 0.1) is 5.41 Å². The normalized spacial score (nSPS) is 19.5. The number of hydrogen-bond donors (Lipinski definition) is 4. The predicted octanol–water partition coefficient (Wildman–Crippen LogP) is 10.8. The van der Waals surface area contributed by atoms with Crippen LogP contribution in [0.3, 0.4) is 0 Å². The lowest BCUT2D eigenvalue weighted by atomic mass is 9.62. The molecule has 324 valence electrons. The molecule has 7 nitrogen and oxygen atoms in total. The van der Waals surface area contributed by atoms with E-state index < -0.39 is 35.1 Å². The molecule has 1 fully saturated rings. The first-order valence-corrected chi connectivity index (χ1v) is 19.6. The third-order valence-corrected chi connectivity index (χ3v) is 11.4. The number of aliphatic hydroxyl groups is 1. The summed E-state index contributed by atoms with van der Waals surface area (Å²) in [5.41, 5.74) is 2.75. The van der Waals surface area contributed by atoms with E-state index in [4.69, 9.17) is 27.9 Å². The molecule has 2 aliphatic heterocycles. The number of benzene rings is 5. The Morgan fingerprint density at radius 2 is 1.32 bits per heavy atom. The van der Waals surface area contributed by atoms with Crippen molar-refractivity contribution in [1.29, 1.82) is 0 Å². The fourth-order valence-electron chi connectivity index (χ4n) is 8.67. The van der Waals surface area contributed by atoms with Crippen molar-refractivity contribution in [3.63, 3.8) is 0 Å². The van der Waals surface area contributed by atoms with Crippen LogP contribution in [-0.2, 0) is 25.3 Å². The Morgan fingerprint density at radius 3 is 1.83 bits per heavy atom. The third kappa shape index (κ3) is 10.3. The van der Waals surface area contributed by atoms with Gasteiger partial charge in [-0.25, -0.2) is 0 Å². The molecule has 2 heterocycles. The summed E-state index contributed by atoms with van der Waals surface area (Å²) in [6.07, 6.45) is -0.0355. The van der Waals surface area contributed by atoms with Crippen molar-refractivity contribution in [2.45, 2.75) is 91.0 Å². The van der Waals surface area contributed by atoms with Crippen LogP contribution in [0.5, 0.6) is 0 Å². The highest BCUT2D eigenvalue weighted by Gasteiger charge is 2.65. The second-order valence-corrected chi connectivity index (χ2v) is 16.7. The molecule has 0 aromatic heterocycles. The van der Waals surface area contributed by atoms with Crippen LogP contribution in [0.15, 0.2) is 133 Å². The number of fused-ring (bicyclic) bond motifs is 2. The van der Waals surface area contributed by atoms with Gasteiger partial charge in [0, 0.05) is 34.2 Å². The first kappa shape index (κ1) is 52.3. The Bertz CT molecular complexity index is 2040. The third-order valence-electron chi connectivity index (χ3n) is 10.9. The van der Waals surface area contributed by atoms with Crippen molar-refractivity contribution in [3.05, 3.63) is 171 Å². The summed E-state index contributed by atoms with van der Waals surface area (Å²) in [5.74, 6) is -1.05. The molecule has 0 bridgehead atoms. The molecule has 7 rings (SSSR count). The van der Waals surface area contributed by atoms with E-state index >= 15 is 0 Å². The monoisotopic (exact) mass is 891 g/mol. The summed E-state index contributed by atoms with van der Waals surface area (Å²) in [7, 11) is 0. The number of carbonyl (C=O) groups excluding carboxylic acids is 2. The average molecular weight is 893 g/mol. The molecule has 2 aliphatic rings. The average Bonchev–Trinajstić information content (AvgIpc) is 3.65. The Labute approximate surface area is 381 Å². The van der Waals surface area contributed by atoms with Gasteiger partial charge < -0.3 is 25.8 Å². The summed E-state index contributed by atoms with van der Waals surface area (Å²) in [6.45, 7) is 6.59. The molecule has 60 heavy (non-hydrogen) atoms. The molecule has 0 unspecified atom stereocenters. The molecule has 0 radical (unpaired) electrons. The molecule has 2 amide bonds. The van der Waals surface area contributed by atoms with Crippen LogP contribution in [0.1, 0.15) is 89.6 Å². The van der Waals surface area contributed by atoms with Gasteiger partial charge in [0.1, 0.15) is 11.0 Å². The fourth-order valence-corrected chi connectivity index (χ4v) is 9.04. The van der Waals surface area contributed by atoms with E-state index in [9.17, 15) is 14.7 Å². The summed E-state index contributed by atoms with van der Waals surface area (Å²) < 4.78 is 6.83. The van der Waals surface area contributed by atoms with Crippen molar-refractivity contribution in [3.8, 4) is 0 Å². The number of amides is 2. The molecule has 4 N–H and O–H groups in total. The number of nitrogens with one attached hydrogen (secondary N) is 3. The number of aliphatic hydroxyl groups excluding tert-OH is 1. The summed E-state index contributed by atoms with van der Waals surface area (Å²) >= 11 is 13.0. The number of halogens is 2.